The predicted octanol–water partition coefficient (Wildman–Crippen LogP) is 5.46. The molecule has 1 amide bonds. The number of fused-ring (bicyclic) bond motifs is 1. The van der Waals surface area contributed by atoms with Crippen molar-refractivity contribution in [3.8, 4) is 23.0 Å². The number of carbonyl (C=O) groups is 1. The molecule has 8 nitrogen and oxygen atoms in total. The Morgan fingerprint density at radius 2 is 1.90 bits per heavy atom. The molecule has 12 heteroatoms. The number of hydrogen-bond donors (Lipinski definition) is 1. The molecule has 1 saturated carbocycles. The quantitative estimate of drug-likeness (QED) is 0.319. The van der Waals surface area contributed by atoms with Gasteiger partial charge in [0, 0.05) is 42.9 Å². The maximum atomic E-state index is 14.1. The van der Waals surface area contributed by atoms with Crippen molar-refractivity contribution in [1.29, 1.82) is 0 Å². The number of imidazole rings is 1. The number of nitrogens with zero attached hydrogens (tertiary/aromatic N) is 5. The van der Waals surface area contributed by atoms with Crippen LogP contribution >= 0.6 is 0 Å². The number of nitrogens with one attached hydrogen (secondary N) is 1. The molecule has 2 aromatic heterocycles. The van der Waals surface area contributed by atoms with Gasteiger partial charge in [-0.2, -0.15) is 18.2 Å². The highest BCUT2D eigenvalue weighted by molar-refractivity contribution is 5.84. The number of likely N-dealkylation sites (tertiary alicyclic amines) is 1. The summed E-state index contributed by atoms with van der Waals surface area (Å²) in [4.78, 5) is 28.1. The summed E-state index contributed by atoms with van der Waals surface area (Å²) in [5, 5.41) is 3.32. The molecule has 0 bridgehead atoms. The maximum absolute atomic E-state index is 14.1. The Labute approximate surface area is 227 Å². The van der Waals surface area contributed by atoms with Crippen LogP contribution in [0.15, 0.2) is 48.7 Å². The summed E-state index contributed by atoms with van der Waals surface area (Å²) < 4.78 is 61.6. The predicted molar refractivity (Wildman–Crippen MR) is 140 cm³/mol. The number of piperidine rings is 1. The van der Waals surface area contributed by atoms with E-state index in [1.807, 2.05) is 4.90 Å². The number of amides is 1. The molecule has 208 valence electrons. The fraction of sp³-hybridized carbons (Fsp3) is 0.357. The highest BCUT2D eigenvalue weighted by Gasteiger charge is 2.36. The summed E-state index contributed by atoms with van der Waals surface area (Å²) in [6.07, 6.45) is 0.276. The SMILES string of the molecule is COc1ccc2c(c1)nc(-c1ccc(F)c(C(F)(F)F)c1)n2-c1ccnc(N[C@H]2CCCN(C(=O)C3CC3)C2)n1. The second-order valence-corrected chi connectivity index (χ2v) is 10.1. The van der Waals surface area contributed by atoms with Gasteiger partial charge in [-0.1, -0.05) is 0 Å². The number of ether oxygens (including phenoxy) is 1. The van der Waals surface area contributed by atoms with Crippen LogP contribution in [-0.4, -0.2) is 56.6 Å². The molecule has 1 atom stereocenters. The third kappa shape index (κ3) is 5.05. The number of halogens is 4. The Morgan fingerprint density at radius 3 is 2.65 bits per heavy atom. The molecule has 40 heavy (non-hydrogen) atoms. The van der Waals surface area contributed by atoms with Crippen molar-refractivity contribution >= 4 is 22.9 Å². The third-order valence-corrected chi connectivity index (χ3v) is 7.25. The van der Waals surface area contributed by atoms with Gasteiger partial charge in [-0.25, -0.2) is 14.4 Å². The van der Waals surface area contributed by atoms with Crippen LogP contribution in [0.3, 0.4) is 0 Å². The molecule has 1 aliphatic carbocycles. The van der Waals surface area contributed by atoms with Gasteiger partial charge in [0.1, 0.15) is 23.2 Å². The van der Waals surface area contributed by atoms with E-state index >= 15 is 0 Å². The minimum absolute atomic E-state index is 0.0404. The number of aromatic nitrogens is 4. The van der Waals surface area contributed by atoms with Crippen molar-refractivity contribution in [2.45, 2.75) is 37.9 Å². The molecule has 1 N–H and O–H groups in total. The average molecular weight is 555 g/mol. The van der Waals surface area contributed by atoms with Gasteiger partial charge in [0.15, 0.2) is 0 Å². The number of hydrogen-bond acceptors (Lipinski definition) is 6. The number of alkyl halides is 3. The monoisotopic (exact) mass is 554 g/mol. The van der Waals surface area contributed by atoms with E-state index in [-0.39, 0.29) is 29.3 Å². The molecule has 0 unspecified atom stereocenters. The molecule has 4 aromatic rings. The van der Waals surface area contributed by atoms with Crippen molar-refractivity contribution in [1.82, 2.24) is 24.4 Å². The summed E-state index contributed by atoms with van der Waals surface area (Å²) in [6, 6.07) is 9.48. The Hall–Kier alpha value is -4.22. The van der Waals surface area contributed by atoms with E-state index in [1.165, 1.54) is 13.2 Å². The van der Waals surface area contributed by atoms with Crippen LogP contribution in [0.2, 0.25) is 0 Å². The lowest BCUT2D eigenvalue weighted by Gasteiger charge is -2.33. The van der Waals surface area contributed by atoms with Gasteiger partial charge in [-0.05, 0) is 62.1 Å². The van der Waals surface area contributed by atoms with E-state index < -0.39 is 17.6 Å². The van der Waals surface area contributed by atoms with Crippen LogP contribution in [0, 0.1) is 11.7 Å². The molecule has 0 spiro atoms. The number of rotatable bonds is 6. The Morgan fingerprint density at radius 1 is 1.07 bits per heavy atom. The first kappa shape index (κ1) is 26.0. The Balaban J connectivity index is 1.38. The lowest BCUT2D eigenvalue weighted by Crippen LogP contribution is -2.45. The zero-order chi connectivity index (χ0) is 28.0. The highest BCUT2D eigenvalue weighted by atomic mass is 19.4. The van der Waals surface area contributed by atoms with Crippen molar-refractivity contribution < 1.29 is 27.1 Å². The maximum Gasteiger partial charge on any atom is 0.419 e. The normalized spacial score (nSPS) is 17.7. The first-order valence-electron chi connectivity index (χ1n) is 13.0. The van der Waals surface area contributed by atoms with Gasteiger partial charge < -0.3 is 15.0 Å². The second kappa shape index (κ2) is 10.1. The largest absolute Gasteiger partial charge is 0.497 e. The Bertz CT molecular complexity index is 1580. The molecule has 0 radical (unpaired) electrons. The van der Waals surface area contributed by atoms with Crippen LogP contribution in [-0.2, 0) is 11.0 Å². The lowest BCUT2D eigenvalue weighted by molar-refractivity contribution is -0.140. The van der Waals surface area contributed by atoms with Crippen LogP contribution in [0.1, 0.15) is 31.2 Å². The average Bonchev–Trinajstić information content (AvgIpc) is 3.72. The lowest BCUT2D eigenvalue weighted by atomic mass is 10.1. The number of anilines is 1. The van der Waals surface area contributed by atoms with Gasteiger partial charge in [0.2, 0.25) is 11.9 Å². The van der Waals surface area contributed by atoms with E-state index in [1.54, 1.807) is 35.0 Å². The summed E-state index contributed by atoms with van der Waals surface area (Å²) in [6.45, 7) is 1.29. The minimum atomic E-state index is -4.87. The van der Waals surface area contributed by atoms with E-state index in [0.717, 1.165) is 44.4 Å². The first-order chi connectivity index (χ1) is 19.2. The van der Waals surface area contributed by atoms with Crippen molar-refractivity contribution in [2.24, 2.45) is 5.92 Å². The van der Waals surface area contributed by atoms with Crippen LogP contribution in [0.5, 0.6) is 5.75 Å². The fourth-order valence-electron chi connectivity index (χ4n) is 5.10. The number of benzene rings is 2. The molecule has 6 rings (SSSR count). The van der Waals surface area contributed by atoms with Gasteiger partial charge in [0.05, 0.1) is 23.7 Å². The first-order valence-corrected chi connectivity index (χ1v) is 13.0. The summed E-state index contributed by atoms with van der Waals surface area (Å²) >= 11 is 0. The zero-order valence-corrected chi connectivity index (χ0v) is 21.6. The third-order valence-electron chi connectivity index (χ3n) is 7.25. The molecule has 2 aliphatic rings. The van der Waals surface area contributed by atoms with Crippen LogP contribution in [0.4, 0.5) is 23.5 Å². The van der Waals surface area contributed by atoms with Gasteiger partial charge in [-0.3, -0.25) is 9.36 Å². The van der Waals surface area contributed by atoms with Crippen molar-refractivity contribution in [2.75, 3.05) is 25.5 Å². The summed E-state index contributed by atoms with van der Waals surface area (Å²) in [7, 11) is 1.50. The molecular formula is C28H26F4N6O2. The van der Waals surface area contributed by atoms with Gasteiger partial charge >= 0.3 is 6.18 Å². The van der Waals surface area contributed by atoms with Crippen molar-refractivity contribution in [3.05, 3.63) is 60.0 Å². The van der Waals surface area contributed by atoms with Crippen LogP contribution in [0.25, 0.3) is 28.2 Å². The second-order valence-electron chi connectivity index (χ2n) is 10.1. The topological polar surface area (TPSA) is 85.2 Å². The van der Waals surface area contributed by atoms with Crippen LogP contribution < -0.4 is 10.1 Å². The minimum Gasteiger partial charge on any atom is -0.497 e. The Kier molecular flexibility index (Phi) is 6.55. The molecule has 2 aromatic carbocycles. The molecule has 1 aliphatic heterocycles. The highest BCUT2D eigenvalue weighted by Crippen LogP contribution is 2.36. The molecular weight excluding hydrogens is 528 g/mol. The van der Waals surface area contributed by atoms with E-state index in [0.29, 0.717) is 35.1 Å². The van der Waals surface area contributed by atoms with E-state index in [4.69, 9.17) is 4.74 Å². The summed E-state index contributed by atoms with van der Waals surface area (Å²) in [5.41, 5.74) is -0.286. The molecule has 1 saturated heterocycles. The standard InChI is InChI=1S/C28H26F4N6O2/c1-40-19-7-9-23-22(14-19)35-25(17-6-8-21(29)20(13-17)28(30,31)32)38(23)24-10-11-33-27(36-24)34-18-3-2-12-37(15-18)26(39)16-4-5-16/h6-11,13-14,16,18H,2-5,12,15H2,1H3,(H,33,34,36)/t18-/m0/s1. The number of methoxy groups -OCH3 is 1. The van der Waals surface area contributed by atoms with E-state index in [2.05, 4.69) is 20.3 Å². The van der Waals surface area contributed by atoms with Gasteiger partial charge in [0.25, 0.3) is 0 Å². The smallest absolute Gasteiger partial charge is 0.419 e. The molecule has 3 heterocycles. The van der Waals surface area contributed by atoms with Crippen molar-refractivity contribution in [3.63, 3.8) is 0 Å². The molecule has 2 fully saturated rings. The number of carbonyl (C=O) groups excluding carboxylic acids is 1. The zero-order valence-electron chi connectivity index (χ0n) is 21.6. The fourth-order valence-corrected chi connectivity index (χ4v) is 5.10. The van der Waals surface area contributed by atoms with Gasteiger partial charge in [-0.15, -0.1) is 0 Å². The summed E-state index contributed by atoms with van der Waals surface area (Å²) in [5.74, 6) is 0.330. The van der Waals surface area contributed by atoms with E-state index in [9.17, 15) is 22.4 Å².